The highest BCUT2D eigenvalue weighted by molar-refractivity contribution is 5.92. The van der Waals surface area contributed by atoms with E-state index in [9.17, 15) is 19.8 Å². The number of hydrogen-bond acceptors (Lipinski definition) is 7. The van der Waals surface area contributed by atoms with Gasteiger partial charge in [0.05, 0.1) is 36.8 Å². The molecule has 0 radical (unpaired) electrons. The zero-order valence-corrected chi connectivity index (χ0v) is 20.0. The van der Waals surface area contributed by atoms with Gasteiger partial charge < -0.3 is 24.1 Å². The summed E-state index contributed by atoms with van der Waals surface area (Å²) >= 11 is 0. The molecule has 2 aliphatic heterocycles. The molecular formula is C26H34O7. The number of aliphatic hydroxyl groups is 2. The second-order valence-corrected chi connectivity index (χ2v) is 12.5. The first kappa shape index (κ1) is 21.8. The molecule has 5 fully saturated rings. The molecule has 0 amide bonds. The van der Waals surface area contributed by atoms with Crippen LogP contribution in [-0.2, 0) is 19.1 Å². The fraction of sp³-hybridized carbons (Fsp3) is 0.769. The van der Waals surface area contributed by atoms with Crippen molar-refractivity contribution in [3.05, 3.63) is 24.2 Å². The number of carbonyl (C=O) groups is 2. The highest BCUT2D eigenvalue weighted by atomic mass is 16.6. The van der Waals surface area contributed by atoms with Gasteiger partial charge in [0, 0.05) is 27.2 Å². The van der Waals surface area contributed by atoms with Crippen molar-refractivity contribution in [2.75, 3.05) is 0 Å². The molecule has 2 saturated heterocycles. The highest BCUT2D eigenvalue weighted by Gasteiger charge is 2.81. The lowest BCUT2D eigenvalue weighted by Crippen LogP contribution is -2.77. The molecule has 3 aliphatic carbocycles. The molecule has 10 atom stereocenters. The van der Waals surface area contributed by atoms with Crippen molar-refractivity contribution in [3.8, 4) is 0 Å². The van der Waals surface area contributed by atoms with Gasteiger partial charge >= 0.3 is 5.97 Å². The molecule has 1 aromatic rings. The van der Waals surface area contributed by atoms with Crippen LogP contribution < -0.4 is 0 Å². The van der Waals surface area contributed by atoms with Crippen LogP contribution in [0, 0.1) is 33.5 Å². The lowest BCUT2D eigenvalue weighted by atomic mass is 9.34. The van der Waals surface area contributed by atoms with Crippen LogP contribution in [0.15, 0.2) is 23.0 Å². The van der Waals surface area contributed by atoms with Gasteiger partial charge in [-0.05, 0) is 37.2 Å². The van der Waals surface area contributed by atoms with E-state index < -0.39 is 46.1 Å². The van der Waals surface area contributed by atoms with Crippen molar-refractivity contribution < 1.29 is 33.7 Å². The van der Waals surface area contributed by atoms with Crippen LogP contribution >= 0.6 is 0 Å². The summed E-state index contributed by atoms with van der Waals surface area (Å²) in [5, 5.41) is 24.4. The average molecular weight is 459 g/mol. The zero-order chi connectivity index (χ0) is 23.8. The number of hydrogen-bond donors (Lipinski definition) is 2. The van der Waals surface area contributed by atoms with Gasteiger partial charge in [-0.3, -0.25) is 9.59 Å². The predicted molar refractivity (Wildman–Crippen MR) is 116 cm³/mol. The van der Waals surface area contributed by atoms with Gasteiger partial charge in [0.25, 0.3) is 0 Å². The van der Waals surface area contributed by atoms with Crippen LogP contribution in [0.1, 0.15) is 72.0 Å². The van der Waals surface area contributed by atoms with E-state index >= 15 is 0 Å². The lowest BCUT2D eigenvalue weighted by molar-refractivity contribution is -0.329. The number of ether oxygens (including phenoxy) is 2. The number of aliphatic hydroxyl groups excluding tert-OH is 1. The Morgan fingerprint density at radius 2 is 1.82 bits per heavy atom. The summed E-state index contributed by atoms with van der Waals surface area (Å²) in [6, 6.07) is 1.77. The SMILES string of the molecule is CC1(C)C(=O)[C@@H]2O[C@@H]2[C@@]2(C)C1C[C@@H](O)[C@]1(C)C2CC[C@@]2(C)[C@H](c3ccoc3)OC(=O)CC21O. The fourth-order valence-electron chi connectivity index (χ4n) is 9.19. The molecule has 3 saturated carbocycles. The van der Waals surface area contributed by atoms with E-state index in [2.05, 4.69) is 6.92 Å². The number of ketones is 1. The number of rotatable bonds is 1. The second-order valence-electron chi connectivity index (χ2n) is 12.5. The summed E-state index contributed by atoms with van der Waals surface area (Å²) in [7, 11) is 0. The van der Waals surface area contributed by atoms with Gasteiger partial charge in [-0.1, -0.05) is 34.6 Å². The number of cyclic esters (lactones) is 1. The Hall–Kier alpha value is -1.70. The van der Waals surface area contributed by atoms with Gasteiger partial charge in [-0.25, -0.2) is 0 Å². The largest absolute Gasteiger partial charge is 0.472 e. The van der Waals surface area contributed by atoms with Gasteiger partial charge in [-0.2, -0.15) is 0 Å². The second kappa shape index (κ2) is 6.10. The first-order valence-corrected chi connectivity index (χ1v) is 12.2. The van der Waals surface area contributed by atoms with Gasteiger partial charge in [0.1, 0.15) is 12.2 Å². The standard InChI is InChI=1S/C26H34O7/c1-22(2)15-10-16(27)25(5)14(24(15,4)21-18(33-21)19(22)29)6-8-23(3)20(13-7-9-31-12-13)32-17(28)11-26(23,25)30/h7,9,12,14-16,18,20-21,27,30H,6,8,10-11H2,1-5H3/t14?,15?,16-,18+,20+,21+,23+,24-,25+,26?/m1/s1. The summed E-state index contributed by atoms with van der Waals surface area (Å²) in [6.45, 7) is 10.1. The van der Waals surface area contributed by atoms with E-state index in [1.54, 1.807) is 18.6 Å². The summed E-state index contributed by atoms with van der Waals surface area (Å²) < 4.78 is 17.1. The van der Waals surface area contributed by atoms with E-state index in [4.69, 9.17) is 13.9 Å². The van der Waals surface area contributed by atoms with Gasteiger partial charge in [0.15, 0.2) is 5.78 Å². The quantitative estimate of drug-likeness (QED) is 0.491. The molecule has 6 rings (SSSR count). The number of furan rings is 1. The molecule has 5 aliphatic rings. The summed E-state index contributed by atoms with van der Waals surface area (Å²) in [5.41, 5.74) is -3.56. The first-order chi connectivity index (χ1) is 15.3. The van der Waals surface area contributed by atoms with Gasteiger partial charge in [0.2, 0.25) is 0 Å². The first-order valence-electron chi connectivity index (χ1n) is 12.2. The van der Waals surface area contributed by atoms with Gasteiger partial charge in [-0.15, -0.1) is 0 Å². The molecule has 0 aromatic carbocycles. The van der Waals surface area contributed by atoms with Crippen LogP contribution in [0.5, 0.6) is 0 Å². The van der Waals surface area contributed by atoms with Crippen molar-refractivity contribution in [2.45, 2.75) is 90.3 Å². The molecule has 2 N–H and O–H groups in total. The monoisotopic (exact) mass is 458 g/mol. The Morgan fingerprint density at radius 1 is 1.09 bits per heavy atom. The Kier molecular flexibility index (Phi) is 4.03. The van der Waals surface area contributed by atoms with Crippen LogP contribution in [0.2, 0.25) is 0 Å². The minimum Gasteiger partial charge on any atom is -0.472 e. The molecular weight excluding hydrogens is 424 g/mol. The predicted octanol–water partition coefficient (Wildman–Crippen LogP) is 3.18. The third kappa shape index (κ3) is 2.23. The number of esters is 1. The third-order valence-electron chi connectivity index (χ3n) is 11.1. The van der Waals surface area contributed by atoms with Crippen molar-refractivity contribution in [1.29, 1.82) is 0 Å². The fourth-order valence-corrected chi connectivity index (χ4v) is 9.19. The van der Waals surface area contributed by atoms with E-state index in [-0.39, 0.29) is 35.6 Å². The molecule has 3 unspecified atom stereocenters. The topological polar surface area (TPSA) is 110 Å². The Balaban J connectivity index is 1.51. The maximum Gasteiger partial charge on any atom is 0.309 e. The summed E-state index contributed by atoms with van der Waals surface area (Å²) in [4.78, 5) is 26.0. The number of fused-ring (bicyclic) bond motifs is 7. The number of Topliss-reactive ketones (excluding diaryl/α,β-unsaturated/α-hetero) is 1. The number of carbonyl (C=O) groups excluding carboxylic acids is 2. The maximum absolute atomic E-state index is 13.1. The minimum absolute atomic E-state index is 0.0671. The third-order valence-corrected chi connectivity index (χ3v) is 11.1. The molecule has 0 spiro atoms. The molecule has 33 heavy (non-hydrogen) atoms. The van der Waals surface area contributed by atoms with Crippen LogP contribution in [0.3, 0.4) is 0 Å². The lowest BCUT2D eigenvalue weighted by Gasteiger charge is -2.72. The normalized spacial score (nSPS) is 54.4. The van der Waals surface area contributed by atoms with Crippen LogP contribution in [0.4, 0.5) is 0 Å². The average Bonchev–Trinajstić information content (AvgIpc) is 3.37. The van der Waals surface area contributed by atoms with Crippen LogP contribution in [-0.4, -0.2) is 45.9 Å². The Labute approximate surface area is 193 Å². The summed E-state index contributed by atoms with van der Waals surface area (Å²) in [5.74, 6) is -0.536. The molecule has 1 aromatic heterocycles. The molecule has 3 heterocycles. The van der Waals surface area contributed by atoms with Crippen molar-refractivity contribution in [1.82, 2.24) is 0 Å². The van der Waals surface area contributed by atoms with E-state index in [0.717, 1.165) is 12.0 Å². The molecule has 7 nitrogen and oxygen atoms in total. The smallest absolute Gasteiger partial charge is 0.309 e. The van der Waals surface area contributed by atoms with E-state index in [0.29, 0.717) is 12.8 Å². The van der Waals surface area contributed by atoms with E-state index in [1.807, 2.05) is 27.7 Å². The van der Waals surface area contributed by atoms with Crippen molar-refractivity contribution >= 4 is 11.8 Å². The Morgan fingerprint density at radius 3 is 2.48 bits per heavy atom. The molecule has 180 valence electrons. The highest BCUT2D eigenvalue weighted by Crippen LogP contribution is 2.76. The zero-order valence-electron chi connectivity index (χ0n) is 20.0. The molecule has 7 heteroatoms. The van der Waals surface area contributed by atoms with Crippen molar-refractivity contribution in [2.24, 2.45) is 33.5 Å². The Bertz CT molecular complexity index is 1030. The van der Waals surface area contributed by atoms with Crippen molar-refractivity contribution in [3.63, 3.8) is 0 Å². The molecule has 0 bridgehead atoms. The summed E-state index contributed by atoms with van der Waals surface area (Å²) in [6.07, 6.45) is 2.55. The minimum atomic E-state index is -1.50. The maximum atomic E-state index is 13.1. The number of epoxide rings is 1. The van der Waals surface area contributed by atoms with Crippen LogP contribution in [0.25, 0.3) is 0 Å². The van der Waals surface area contributed by atoms with E-state index in [1.165, 1.54) is 0 Å².